The van der Waals surface area contributed by atoms with E-state index in [1.54, 1.807) is 0 Å². The molecule has 7 heteroatoms. The number of nitrogens with one attached hydrogen (secondary N) is 2. The summed E-state index contributed by atoms with van der Waals surface area (Å²) >= 11 is 0. The molecule has 2 heterocycles. The minimum atomic E-state index is -0.233. The average molecular weight is 372 g/mol. The van der Waals surface area contributed by atoms with Crippen molar-refractivity contribution in [1.82, 2.24) is 15.1 Å². The molecule has 1 aliphatic heterocycles. The standard InChI is InChI=1S/C20H28N4O3/c1-15-13-16(2)24(23-15)19-9-4-3-8-18(19)22-20(25)21-10-6-11-26-14-17-7-5-12-27-17/h3-4,8-9,13,17H,5-7,10-12,14H2,1-2H3,(H2,21,22,25). The van der Waals surface area contributed by atoms with Gasteiger partial charge in [-0.25, -0.2) is 9.48 Å². The van der Waals surface area contributed by atoms with Crippen molar-refractivity contribution in [3.05, 3.63) is 41.7 Å². The summed E-state index contributed by atoms with van der Waals surface area (Å²) in [6, 6.07) is 9.41. The fraction of sp³-hybridized carbons (Fsp3) is 0.500. The number of urea groups is 1. The molecule has 27 heavy (non-hydrogen) atoms. The number of ether oxygens (including phenoxy) is 2. The van der Waals surface area contributed by atoms with Crippen LogP contribution in [0.15, 0.2) is 30.3 Å². The number of amides is 2. The van der Waals surface area contributed by atoms with Crippen molar-refractivity contribution in [2.24, 2.45) is 0 Å². The quantitative estimate of drug-likeness (QED) is 0.698. The fourth-order valence-corrected chi connectivity index (χ4v) is 3.17. The van der Waals surface area contributed by atoms with E-state index >= 15 is 0 Å². The number of aryl methyl sites for hydroxylation is 2. The molecule has 7 nitrogen and oxygen atoms in total. The van der Waals surface area contributed by atoms with Gasteiger partial charge in [-0.05, 0) is 51.3 Å². The summed E-state index contributed by atoms with van der Waals surface area (Å²) in [7, 11) is 0. The van der Waals surface area contributed by atoms with Gasteiger partial charge in [0.15, 0.2) is 0 Å². The van der Waals surface area contributed by atoms with Crippen molar-refractivity contribution < 1.29 is 14.3 Å². The van der Waals surface area contributed by atoms with Crippen LogP contribution in [0.4, 0.5) is 10.5 Å². The summed E-state index contributed by atoms with van der Waals surface area (Å²) in [6.07, 6.45) is 3.20. The summed E-state index contributed by atoms with van der Waals surface area (Å²) < 4.78 is 12.9. The SMILES string of the molecule is Cc1cc(C)n(-c2ccccc2NC(=O)NCCCOCC2CCCO2)n1. The average Bonchev–Trinajstić information content (AvgIpc) is 3.28. The predicted molar refractivity (Wildman–Crippen MR) is 104 cm³/mol. The number of benzene rings is 1. The number of aromatic nitrogens is 2. The second-order valence-corrected chi connectivity index (χ2v) is 6.80. The molecule has 3 rings (SSSR count). The number of nitrogens with zero attached hydrogens (tertiary/aromatic N) is 2. The number of hydrogen-bond acceptors (Lipinski definition) is 4. The Morgan fingerprint density at radius 1 is 1.37 bits per heavy atom. The molecule has 1 saturated heterocycles. The monoisotopic (exact) mass is 372 g/mol. The maximum atomic E-state index is 12.2. The lowest BCUT2D eigenvalue weighted by Crippen LogP contribution is -2.30. The summed E-state index contributed by atoms with van der Waals surface area (Å²) in [6.45, 7) is 6.60. The van der Waals surface area contributed by atoms with E-state index < -0.39 is 0 Å². The molecule has 1 unspecified atom stereocenters. The van der Waals surface area contributed by atoms with Crippen LogP contribution in [0.25, 0.3) is 5.69 Å². The van der Waals surface area contributed by atoms with E-state index in [2.05, 4.69) is 15.7 Å². The molecule has 146 valence electrons. The minimum Gasteiger partial charge on any atom is -0.379 e. The van der Waals surface area contributed by atoms with E-state index in [0.29, 0.717) is 19.8 Å². The van der Waals surface area contributed by atoms with Gasteiger partial charge in [0.25, 0.3) is 0 Å². The molecular formula is C20H28N4O3. The molecule has 0 bridgehead atoms. The predicted octanol–water partition coefficient (Wildman–Crippen LogP) is 3.20. The topological polar surface area (TPSA) is 77.4 Å². The zero-order valence-corrected chi connectivity index (χ0v) is 16.0. The highest BCUT2D eigenvalue weighted by Gasteiger charge is 2.15. The van der Waals surface area contributed by atoms with Gasteiger partial charge in [0.1, 0.15) is 0 Å². The normalized spacial score (nSPS) is 16.4. The second-order valence-electron chi connectivity index (χ2n) is 6.80. The number of carbonyl (C=O) groups is 1. The molecule has 1 aromatic carbocycles. The first-order valence-corrected chi connectivity index (χ1v) is 9.50. The molecule has 0 aliphatic carbocycles. The first-order chi connectivity index (χ1) is 13.1. The number of para-hydroxylation sites is 2. The van der Waals surface area contributed by atoms with Crippen LogP contribution in [0.3, 0.4) is 0 Å². The van der Waals surface area contributed by atoms with Crippen LogP contribution in [-0.2, 0) is 9.47 Å². The Labute approximate surface area is 160 Å². The highest BCUT2D eigenvalue weighted by Crippen LogP contribution is 2.21. The van der Waals surface area contributed by atoms with Gasteiger partial charge in [0.05, 0.1) is 29.8 Å². The van der Waals surface area contributed by atoms with E-state index in [-0.39, 0.29) is 12.1 Å². The molecule has 1 fully saturated rings. The fourth-order valence-electron chi connectivity index (χ4n) is 3.17. The van der Waals surface area contributed by atoms with Gasteiger partial charge in [-0.1, -0.05) is 12.1 Å². The van der Waals surface area contributed by atoms with Gasteiger partial charge >= 0.3 is 6.03 Å². The van der Waals surface area contributed by atoms with Crippen molar-refractivity contribution in [2.75, 3.05) is 31.7 Å². The molecule has 0 radical (unpaired) electrons. The molecule has 2 aromatic rings. The lowest BCUT2D eigenvalue weighted by atomic mass is 10.2. The Balaban J connectivity index is 1.43. The smallest absolute Gasteiger partial charge is 0.319 e. The molecule has 0 saturated carbocycles. The second kappa shape index (κ2) is 9.53. The Hall–Kier alpha value is -2.38. The molecule has 1 aromatic heterocycles. The Morgan fingerprint density at radius 3 is 2.96 bits per heavy atom. The third kappa shape index (κ3) is 5.55. The number of rotatable bonds is 8. The number of hydrogen-bond donors (Lipinski definition) is 2. The van der Waals surface area contributed by atoms with Gasteiger partial charge in [-0.2, -0.15) is 5.10 Å². The van der Waals surface area contributed by atoms with E-state index in [9.17, 15) is 4.79 Å². The summed E-state index contributed by atoms with van der Waals surface area (Å²) in [5.74, 6) is 0. The van der Waals surface area contributed by atoms with Crippen LogP contribution in [-0.4, -0.2) is 48.3 Å². The van der Waals surface area contributed by atoms with Gasteiger partial charge in [0.2, 0.25) is 0 Å². The van der Waals surface area contributed by atoms with Crippen LogP contribution < -0.4 is 10.6 Å². The molecular weight excluding hydrogens is 344 g/mol. The van der Waals surface area contributed by atoms with E-state index in [0.717, 1.165) is 48.6 Å². The third-order valence-electron chi connectivity index (χ3n) is 4.47. The van der Waals surface area contributed by atoms with E-state index in [1.807, 2.05) is 48.9 Å². The minimum absolute atomic E-state index is 0.233. The first kappa shape index (κ1) is 19.4. The van der Waals surface area contributed by atoms with E-state index in [4.69, 9.17) is 9.47 Å². The largest absolute Gasteiger partial charge is 0.379 e. The highest BCUT2D eigenvalue weighted by molar-refractivity contribution is 5.91. The van der Waals surface area contributed by atoms with Crippen LogP contribution >= 0.6 is 0 Å². The third-order valence-corrected chi connectivity index (χ3v) is 4.47. The van der Waals surface area contributed by atoms with Gasteiger partial charge in [-0.3, -0.25) is 0 Å². The van der Waals surface area contributed by atoms with Crippen LogP contribution in [0, 0.1) is 13.8 Å². The Bertz CT molecular complexity index is 753. The van der Waals surface area contributed by atoms with Crippen molar-refractivity contribution in [3.63, 3.8) is 0 Å². The lowest BCUT2D eigenvalue weighted by molar-refractivity contribution is 0.0168. The van der Waals surface area contributed by atoms with Gasteiger partial charge in [-0.15, -0.1) is 0 Å². The molecule has 0 spiro atoms. The summed E-state index contributed by atoms with van der Waals surface area (Å²) in [5.41, 5.74) is 3.52. The van der Waals surface area contributed by atoms with Crippen molar-refractivity contribution in [1.29, 1.82) is 0 Å². The first-order valence-electron chi connectivity index (χ1n) is 9.50. The van der Waals surface area contributed by atoms with Gasteiger partial charge < -0.3 is 20.1 Å². The zero-order valence-electron chi connectivity index (χ0n) is 16.0. The van der Waals surface area contributed by atoms with Crippen molar-refractivity contribution in [3.8, 4) is 5.69 Å². The highest BCUT2D eigenvalue weighted by atomic mass is 16.5. The maximum absolute atomic E-state index is 12.2. The van der Waals surface area contributed by atoms with E-state index in [1.165, 1.54) is 0 Å². The maximum Gasteiger partial charge on any atom is 0.319 e. The molecule has 1 aliphatic rings. The van der Waals surface area contributed by atoms with Crippen molar-refractivity contribution in [2.45, 2.75) is 39.2 Å². The number of anilines is 1. The number of carbonyl (C=O) groups excluding carboxylic acids is 1. The van der Waals surface area contributed by atoms with Gasteiger partial charge in [0, 0.05) is 25.5 Å². The lowest BCUT2D eigenvalue weighted by Gasteiger charge is -2.13. The van der Waals surface area contributed by atoms with Crippen LogP contribution in [0.5, 0.6) is 0 Å². The van der Waals surface area contributed by atoms with Crippen molar-refractivity contribution >= 4 is 11.7 Å². The zero-order chi connectivity index (χ0) is 19.1. The molecule has 1 atom stereocenters. The molecule has 2 N–H and O–H groups in total. The Morgan fingerprint density at radius 2 is 2.22 bits per heavy atom. The van der Waals surface area contributed by atoms with Crippen LogP contribution in [0.2, 0.25) is 0 Å². The molecule has 2 amide bonds. The van der Waals surface area contributed by atoms with Crippen LogP contribution in [0.1, 0.15) is 30.7 Å². The summed E-state index contributed by atoms with van der Waals surface area (Å²) in [5, 5.41) is 10.3. The summed E-state index contributed by atoms with van der Waals surface area (Å²) in [4.78, 5) is 12.2. The Kier molecular flexibility index (Phi) is 6.84.